The Morgan fingerprint density at radius 2 is 1.53 bits per heavy atom. The second-order valence-electron chi connectivity index (χ2n) is 10.1. The van der Waals surface area contributed by atoms with E-state index in [-0.39, 0.29) is 23.3 Å². The number of phenolic OH excluding ortho intramolecular Hbond substituents is 1. The summed E-state index contributed by atoms with van der Waals surface area (Å²) in [6, 6.07) is 20.5. The van der Waals surface area contributed by atoms with Crippen LogP contribution in [0.25, 0.3) is 0 Å². The van der Waals surface area contributed by atoms with Crippen LogP contribution in [0.1, 0.15) is 91.9 Å². The molecule has 1 heterocycles. The highest BCUT2D eigenvalue weighted by Gasteiger charge is 2.15. The number of ketones is 1. The number of nitrogens with zero attached hydrogens (tertiary/aromatic N) is 1. The molecule has 4 rings (SSSR count). The van der Waals surface area contributed by atoms with Gasteiger partial charge in [-0.3, -0.25) is 4.79 Å². The van der Waals surface area contributed by atoms with Crippen molar-refractivity contribution in [3.05, 3.63) is 100 Å². The molecule has 0 amide bonds. The van der Waals surface area contributed by atoms with Crippen molar-refractivity contribution in [1.29, 1.82) is 0 Å². The molecule has 0 bridgehead atoms. The maximum absolute atomic E-state index is 12.1. The molecule has 0 saturated carbocycles. The van der Waals surface area contributed by atoms with Crippen molar-refractivity contribution in [2.75, 3.05) is 19.6 Å². The number of benzene rings is 3. The molecule has 0 aliphatic carbocycles. The summed E-state index contributed by atoms with van der Waals surface area (Å²) in [5.41, 5.74) is 5.42. The van der Waals surface area contributed by atoms with Gasteiger partial charge in [0, 0.05) is 5.56 Å². The molecule has 3 nitrogen and oxygen atoms in total. The van der Waals surface area contributed by atoms with Gasteiger partial charge in [-0.1, -0.05) is 75.2 Å². The molecule has 0 aromatic heterocycles. The van der Waals surface area contributed by atoms with Crippen molar-refractivity contribution in [2.45, 2.75) is 79.1 Å². The van der Waals surface area contributed by atoms with E-state index in [0.717, 1.165) is 24.0 Å². The molecule has 1 fully saturated rings. The van der Waals surface area contributed by atoms with Crippen LogP contribution in [0.5, 0.6) is 5.75 Å². The molecular weight excluding hydrogens is 473 g/mol. The summed E-state index contributed by atoms with van der Waals surface area (Å²) in [6.07, 6.45) is 7.37. The molecule has 1 unspecified atom stereocenters. The highest BCUT2D eigenvalue weighted by atomic mass is 19.1. The summed E-state index contributed by atoms with van der Waals surface area (Å²) < 4.78 is 12.1. The van der Waals surface area contributed by atoms with Crippen molar-refractivity contribution in [3.8, 4) is 5.75 Å². The number of carbonyl (C=O) groups excluding carboxylic acids is 1. The molecule has 3 aromatic rings. The van der Waals surface area contributed by atoms with Gasteiger partial charge < -0.3 is 10.0 Å². The minimum absolute atomic E-state index is 0.00167. The van der Waals surface area contributed by atoms with Crippen LogP contribution < -0.4 is 0 Å². The third-order valence-corrected chi connectivity index (χ3v) is 6.91. The Morgan fingerprint density at radius 3 is 2.11 bits per heavy atom. The second kappa shape index (κ2) is 16.8. The van der Waals surface area contributed by atoms with Gasteiger partial charge in [0.05, 0.1) is 0 Å². The molecule has 1 N–H and O–H groups in total. The molecule has 1 aliphatic heterocycles. The smallest absolute Gasteiger partial charge is 0.160 e. The number of Topliss-reactive ketones (excluding diaryl/α,β-unsaturated/α-hetero) is 1. The van der Waals surface area contributed by atoms with Crippen molar-refractivity contribution >= 4 is 5.78 Å². The lowest BCUT2D eigenvalue weighted by molar-refractivity contribution is 0.101. The average molecular weight is 520 g/mol. The predicted octanol–water partition coefficient (Wildman–Crippen LogP) is 8.52. The number of carbonyl (C=O) groups is 1. The number of rotatable bonds is 8. The van der Waals surface area contributed by atoms with E-state index in [0.29, 0.717) is 5.56 Å². The average Bonchev–Trinajstić information content (AvgIpc) is 2.93. The van der Waals surface area contributed by atoms with Crippen molar-refractivity contribution in [2.24, 2.45) is 0 Å². The zero-order valence-electron chi connectivity index (χ0n) is 24.0. The summed E-state index contributed by atoms with van der Waals surface area (Å²) in [4.78, 5) is 14.5. The van der Waals surface area contributed by atoms with E-state index in [9.17, 15) is 14.3 Å². The first-order valence-corrected chi connectivity index (χ1v) is 14.2. The van der Waals surface area contributed by atoms with Crippen LogP contribution in [0, 0.1) is 12.7 Å². The fraction of sp³-hybridized carbons (Fsp3) is 0.441. The van der Waals surface area contributed by atoms with Crippen LogP contribution in [0.2, 0.25) is 0 Å². The molecule has 0 radical (unpaired) electrons. The lowest BCUT2D eigenvalue weighted by Crippen LogP contribution is -2.30. The standard InChI is InChI=1S/C25H33NO2.C7H7F.C2H6/c1-19(24-13-12-23(28)18-25(24)20(2)27)17-22-10-8-21(9-11-22)7-6-16-26-14-4-3-5-15-26;1-6-2-4-7(8)5-3-6;1-2/h8-13,18-19,28H,3-7,14-17H2,1-2H3;2-5H,1H3;1-2H3. The van der Waals surface area contributed by atoms with E-state index < -0.39 is 0 Å². The van der Waals surface area contributed by atoms with E-state index in [4.69, 9.17) is 0 Å². The van der Waals surface area contributed by atoms with Crippen molar-refractivity contribution in [1.82, 2.24) is 4.90 Å². The van der Waals surface area contributed by atoms with E-state index in [2.05, 4.69) is 36.1 Å². The summed E-state index contributed by atoms with van der Waals surface area (Å²) in [5.74, 6) is 0.205. The van der Waals surface area contributed by atoms with Gasteiger partial charge in [0.1, 0.15) is 11.6 Å². The Morgan fingerprint density at radius 1 is 0.921 bits per heavy atom. The van der Waals surface area contributed by atoms with Gasteiger partial charge in [0.15, 0.2) is 5.78 Å². The lowest BCUT2D eigenvalue weighted by atomic mass is 9.88. The van der Waals surface area contributed by atoms with E-state index >= 15 is 0 Å². The molecule has 38 heavy (non-hydrogen) atoms. The van der Waals surface area contributed by atoms with Crippen LogP contribution in [-0.2, 0) is 12.8 Å². The van der Waals surface area contributed by atoms with Gasteiger partial charge in [-0.15, -0.1) is 0 Å². The Kier molecular flexibility index (Phi) is 13.8. The minimum Gasteiger partial charge on any atom is -0.508 e. The molecule has 1 saturated heterocycles. The monoisotopic (exact) mass is 519 g/mol. The minimum atomic E-state index is -0.171. The first-order valence-electron chi connectivity index (χ1n) is 14.2. The maximum Gasteiger partial charge on any atom is 0.160 e. The van der Waals surface area contributed by atoms with Gasteiger partial charge in [0.2, 0.25) is 0 Å². The second-order valence-corrected chi connectivity index (χ2v) is 10.1. The third-order valence-electron chi connectivity index (χ3n) is 6.91. The van der Waals surface area contributed by atoms with Crippen LogP contribution >= 0.6 is 0 Å². The normalized spacial score (nSPS) is 13.9. The quantitative estimate of drug-likeness (QED) is 0.303. The largest absolute Gasteiger partial charge is 0.508 e. The van der Waals surface area contributed by atoms with Crippen LogP contribution in [-0.4, -0.2) is 35.4 Å². The van der Waals surface area contributed by atoms with Gasteiger partial charge >= 0.3 is 0 Å². The van der Waals surface area contributed by atoms with Gasteiger partial charge in [-0.05, 0) is 112 Å². The maximum atomic E-state index is 12.1. The van der Waals surface area contributed by atoms with Gasteiger partial charge in [-0.2, -0.15) is 0 Å². The molecule has 1 aliphatic rings. The van der Waals surface area contributed by atoms with Crippen LogP contribution in [0.15, 0.2) is 66.7 Å². The number of hydrogen-bond acceptors (Lipinski definition) is 3. The summed E-state index contributed by atoms with van der Waals surface area (Å²) >= 11 is 0. The highest BCUT2D eigenvalue weighted by molar-refractivity contribution is 5.96. The Bertz CT molecular complexity index is 1070. The summed E-state index contributed by atoms with van der Waals surface area (Å²) in [6.45, 7) is 13.4. The molecule has 4 heteroatoms. The van der Waals surface area contributed by atoms with Crippen LogP contribution in [0.4, 0.5) is 4.39 Å². The van der Waals surface area contributed by atoms with Crippen molar-refractivity contribution in [3.63, 3.8) is 0 Å². The van der Waals surface area contributed by atoms with Crippen molar-refractivity contribution < 1.29 is 14.3 Å². The Balaban J connectivity index is 0.000000428. The fourth-order valence-corrected chi connectivity index (χ4v) is 4.81. The molecule has 206 valence electrons. The Labute approximate surface area is 229 Å². The van der Waals surface area contributed by atoms with E-state index in [1.807, 2.05) is 26.8 Å². The van der Waals surface area contributed by atoms with E-state index in [1.54, 1.807) is 31.2 Å². The number of hydrogen-bond donors (Lipinski definition) is 1. The number of phenols is 1. The highest BCUT2D eigenvalue weighted by Crippen LogP contribution is 2.27. The molecular formula is C34H46FNO2. The molecule has 3 aromatic carbocycles. The fourth-order valence-electron chi connectivity index (χ4n) is 4.81. The predicted molar refractivity (Wildman–Crippen MR) is 158 cm³/mol. The number of aryl methyl sites for hydroxylation is 2. The molecule has 1 atom stereocenters. The first kappa shape index (κ1) is 31.2. The summed E-state index contributed by atoms with van der Waals surface area (Å²) in [5, 5.41) is 9.69. The topological polar surface area (TPSA) is 40.5 Å². The van der Waals surface area contributed by atoms with Gasteiger partial charge in [0.25, 0.3) is 0 Å². The zero-order valence-corrected chi connectivity index (χ0v) is 24.0. The first-order chi connectivity index (χ1) is 18.3. The number of likely N-dealkylation sites (tertiary alicyclic amines) is 1. The van der Waals surface area contributed by atoms with E-state index in [1.165, 1.54) is 68.6 Å². The summed E-state index contributed by atoms with van der Waals surface area (Å²) in [7, 11) is 0. The van der Waals surface area contributed by atoms with Gasteiger partial charge in [-0.25, -0.2) is 4.39 Å². The third kappa shape index (κ3) is 10.8. The Hall–Kier alpha value is -2.98. The number of piperidine rings is 1. The number of aromatic hydroxyl groups is 1. The SMILES string of the molecule is CC.CC(=O)c1cc(O)ccc1C(C)Cc1ccc(CCCN2CCCCC2)cc1.Cc1ccc(F)cc1. The zero-order chi connectivity index (χ0) is 27.9. The lowest BCUT2D eigenvalue weighted by Gasteiger charge is -2.26. The van der Waals surface area contributed by atoms with Crippen LogP contribution in [0.3, 0.4) is 0 Å². The molecule has 0 spiro atoms. The number of halogens is 1.